The van der Waals surface area contributed by atoms with Crippen LogP contribution in [0.1, 0.15) is 16.7 Å². The number of hydrogen-bond donors (Lipinski definition) is 0. The molecule has 146 valence electrons. The molecule has 0 spiro atoms. The molecule has 0 N–H and O–H groups in total. The highest BCUT2D eigenvalue weighted by atomic mass is 32.2. The standard InChI is InChI=1S/C27H20O2S/c1-28-20-17-15-19(16-18-20)26-22-11-5-7-13-24(22)29-25-14-8-6-12-23(25)27(26)30-21-9-3-2-4-10-21/h2-18H,1H3. The molecule has 0 bridgehead atoms. The molecule has 1 heterocycles. The molecule has 0 radical (unpaired) electrons. The predicted molar refractivity (Wildman–Crippen MR) is 124 cm³/mol. The predicted octanol–water partition coefficient (Wildman–Crippen LogP) is 7.51. The highest BCUT2D eigenvalue weighted by Gasteiger charge is 2.24. The number of fused-ring (bicyclic) bond motifs is 2. The molecule has 0 saturated heterocycles. The van der Waals surface area contributed by atoms with E-state index < -0.39 is 0 Å². The Morgan fingerprint density at radius 1 is 0.633 bits per heavy atom. The van der Waals surface area contributed by atoms with Crippen LogP contribution in [0, 0.1) is 0 Å². The van der Waals surface area contributed by atoms with Crippen LogP contribution in [0.5, 0.6) is 17.2 Å². The van der Waals surface area contributed by atoms with E-state index in [4.69, 9.17) is 9.47 Å². The Labute approximate surface area is 180 Å². The van der Waals surface area contributed by atoms with Crippen LogP contribution in [-0.2, 0) is 0 Å². The van der Waals surface area contributed by atoms with Gasteiger partial charge in [-0.1, -0.05) is 78.5 Å². The van der Waals surface area contributed by atoms with Gasteiger partial charge in [0.25, 0.3) is 0 Å². The van der Waals surface area contributed by atoms with Crippen molar-refractivity contribution in [3.05, 3.63) is 120 Å². The number of hydrogen-bond acceptors (Lipinski definition) is 3. The minimum Gasteiger partial charge on any atom is -0.497 e. The second-order valence-corrected chi connectivity index (χ2v) is 8.03. The van der Waals surface area contributed by atoms with E-state index in [9.17, 15) is 0 Å². The maximum atomic E-state index is 6.39. The van der Waals surface area contributed by atoms with Crippen molar-refractivity contribution >= 4 is 22.2 Å². The molecule has 1 aliphatic heterocycles. The molecule has 30 heavy (non-hydrogen) atoms. The van der Waals surface area contributed by atoms with Gasteiger partial charge in [0.1, 0.15) is 17.2 Å². The number of ether oxygens (including phenoxy) is 2. The van der Waals surface area contributed by atoms with Gasteiger partial charge in [0.05, 0.1) is 7.11 Å². The van der Waals surface area contributed by atoms with Gasteiger partial charge in [0.15, 0.2) is 0 Å². The Kier molecular flexibility index (Phi) is 5.04. The molecule has 0 fully saturated rings. The zero-order valence-corrected chi connectivity index (χ0v) is 17.4. The molecule has 4 aromatic carbocycles. The molecular weight excluding hydrogens is 388 g/mol. The highest BCUT2D eigenvalue weighted by molar-refractivity contribution is 8.08. The lowest BCUT2D eigenvalue weighted by Gasteiger charge is -2.16. The van der Waals surface area contributed by atoms with E-state index in [1.165, 1.54) is 9.80 Å². The summed E-state index contributed by atoms with van der Waals surface area (Å²) in [4.78, 5) is 2.36. The Bertz CT molecular complexity index is 1210. The van der Waals surface area contributed by atoms with Crippen molar-refractivity contribution in [2.75, 3.05) is 7.11 Å². The lowest BCUT2D eigenvalue weighted by atomic mass is 9.95. The minimum absolute atomic E-state index is 0.843. The summed E-state index contributed by atoms with van der Waals surface area (Å²) in [6.45, 7) is 0. The largest absolute Gasteiger partial charge is 0.497 e. The van der Waals surface area contributed by atoms with E-state index in [1.54, 1.807) is 18.9 Å². The fourth-order valence-corrected chi connectivity index (χ4v) is 4.77. The Morgan fingerprint density at radius 2 is 1.23 bits per heavy atom. The smallest absolute Gasteiger partial charge is 0.135 e. The van der Waals surface area contributed by atoms with E-state index in [0.29, 0.717) is 0 Å². The first-order chi connectivity index (χ1) is 14.8. The number of thioether (sulfide) groups is 1. The van der Waals surface area contributed by atoms with E-state index >= 15 is 0 Å². The lowest BCUT2D eigenvalue weighted by molar-refractivity contribution is 0.415. The van der Waals surface area contributed by atoms with Crippen LogP contribution in [0.4, 0.5) is 0 Å². The van der Waals surface area contributed by atoms with Gasteiger partial charge < -0.3 is 9.47 Å². The quantitative estimate of drug-likeness (QED) is 0.348. The van der Waals surface area contributed by atoms with Crippen LogP contribution < -0.4 is 9.47 Å². The van der Waals surface area contributed by atoms with Gasteiger partial charge in [0, 0.05) is 26.5 Å². The lowest BCUT2D eigenvalue weighted by Crippen LogP contribution is -1.93. The molecule has 0 saturated carbocycles. The molecule has 0 amide bonds. The normalized spacial score (nSPS) is 12.4. The first-order valence-corrected chi connectivity index (χ1v) is 10.6. The van der Waals surface area contributed by atoms with Crippen molar-refractivity contribution in [3.8, 4) is 17.2 Å². The maximum absolute atomic E-state index is 6.39. The van der Waals surface area contributed by atoms with E-state index in [-0.39, 0.29) is 0 Å². The molecule has 0 aromatic heterocycles. The average molecular weight is 409 g/mol. The van der Waals surface area contributed by atoms with Crippen molar-refractivity contribution in [1.29, 1.82) is 0 Å². The summed E-state index contributed by atoms with van der Waals surface area (Å²) in [6, 6.07) is 35.2. The molecule has 4 aromatic rings. The first-order valence-electron chi connectivity index (χ1n) is 9.82. The fourth-order valence-electron chi connectivity index (χ4n) is 3.64. The second kappa shape index (κ2) is 8.13. The molecule has 2 nitrogen and oxygen atoms in total. The van der Waals surface area contributed by atoms with Gasteiger partial charge in [-0.05, 0) is 42.0 Å². The summed E-state index contributed by atoms with van der Waals surface area (Å²) in [5.74, 6) is 2.57. The van der Waals surface area contributed by atoms with Crippen molar-refractivity contribution in [3.63, 3.8) is 0 Å². The molecule has 3 heteroatoms. The molecule has 5 rings (SSSR count). The summed E-state index contributed by atoms with van der Waals surface area (Å²) in [5.41, 5.74) is 4.46. The molecule has 0 unspecified atom stereocenters. The van der Waals surface area contributed by atoms with Gasteiger partial charge >= 0.3 is 0 Å². The van der Waals surface area contributed by atoms with E-state index in [0.717, 1.165) is 39.5 Å². The number of para-hydroxylation sites is 2. The summed E-state index contributed by atoms with van der Waals surface area (Å²) in [6.07, 6.45) is 0. The Balaban J connectivity index is 1.81. The molecular formula is C27H20O2S. The minimum atomic E-state index is 0.843. The van der Waals surface area contributed by atoms with Gasteiger partial charge in [-0.15, -0.1) is 0 Å². The van der Waals surface area contributed by atoms with E-state index in [2.05, 4.69) is 60.7 Å². The van der Waals surface area contributed by atoms with Crippen LogP contribution in [0.25, 0.3) is 10.5 Å². The average Bonchev–Trinajstić information content (AvgIpc) is 2.94. The molecule has 0 aliphatic carbocycles. The third-order valence-corrected chi connectivity index (χ3v) is 6.21. The maximum Gasteiger partial charge on any atom is 0.135 e. The van der Waals surface area contributed by atoms with Crippen LogP contribution in [0.2, 0.25) is 0 Å². The van der Waals surface area contributed by atoms with Crippen molar-refractivity contribution in [2.45, 2.75) is 4.90 Å². The topological polar surface area (TPSA) is 18.5 Å². The number of methoxy groups -OCH3 is 1. The first kappa shape index (κ1) is 18.6. The van der Waals surface area contributed by atoms with Crippen molar-refractivity contribution < 1.29 is 9.47 Å². The van der Waals surface area contributed by atoms with Crippen LogP contribution in [0.3, 0.4) is 0 Å². The number of benzene rings is 4. The van der Waals surface area contributed by atoms with Crippen LogP contribution in [-0.4, -0.2) is 7.11 Å². The van der Waals surface area contributed by atoms with Gasteiger partial charge in [-0.2, -0.15) is 0 Å². The summed E-state index contributed by atoms with van der Waals surface area (Å²) in [7, 11) is 1.69. The Hall–Kier alpha value is -3.43. The number of rotatable bonds is 4. The molecule has 1 aliphatic rings. The summed E-state index contributed by atoms with van der Waals surface area (Å²) < 4.78 is 11.8. The fraction of sp³-hybridized carbons (Fsp3) is 0.0370. The van der Waals surface area contributed by atoms with Crippen molar-refractivity contribution in [1.82, 2.24) is 0 Å². The zero-order valence-electron chi connectivity index (χ0n) is 16.5. The monoisotopic (exact) mass is 408 g/mol. The molecule has 0 atom stereocenters. The SMILES string of the molecule is COc1ccc(C2=C(Sc3ccccc3)c3ccccc3Oc3ccccc32)cc1. The van der Waals surface area contributed by atoms with Gasteiger partial charge in [-0.3, -0.25) is 0 Å². The third kappa shape index (κ3) is 3.49. The second-order valence-electron chi connectivity index (χ2n) is 6.94. The Morgan fingerprint density at radius 3 is 1.93 bits per heavy atom. The van der Waals surface area contributed by atoms with Gasteiger partial charge in [0.2, 0.25) is 0 Å². The highest BCUT2D eigenvalue weighted by Crippen LogP contribution is 2.50. The van der Waals surface area contributed by atoms with E-state index in [1.807, 2.05) is 42.5 Å². The van der Waals surface area contributed by atoms with Crippen LogP contribution in [0.15, 0.2) is 108 Å². The zero-order chi connectivity index (χ0) is 20.3. The van der Waals surface area contributed by atoms with Crippen LogP contribution >= 0.6 is 11.8 Å². The summed E-state index contributed by atoms with van der Waals surface area (Å²) in [5, 5.41) is 0. The van der Waals surface area contributed by atoms with Gasteiger partial charge in [-0.25, -0.2) is 0 Å². The third-order valence-electron chi connectivity index (χ3n) is 5.08. The van der Waals surface area contributed by atoms with Crippen molar-refractivity contribution in [2.24, 2.45) is 0 Å². The summed E-state index contributed by atoms with van der Waals surface area (Å²) >= 11 is 1.77.